The Morgan fingerprint density at radius 3 is 2.53 bits per heavy atom. The molecule has 0 spiro atoms. The van der Waals surface area contributed by atoms with E-state index in [2.05, 4.69) is 20.3 Å². The largest absolute Gasteiger partial charge is 0.296 e. The average molecular weight is 430 g/mol. The smallest absolute Gasteiger partial charge is 0.270 e. The Kier molecular flexibility index (Phi) is 7.51. The van der Waals surface area contributed by atoms with E-state index in [9.17, 15) is 14.9 Å². The van der Waals surface area contributed by atoms with Gasteiger partial charge >= 0.3 is 0 Å². The van der Waals surface area contributed by atoms with E-state index in [-0.39, 0.29) is 18.1 Å². The fraction of sp³-hybridized carbons (Fsp3) is 0.333. The van der Waals surface area contributed by atoms with Gasteiger partial charge in [0.15, 0.2) is 0 Å². The van der Waals surface area contributed by atoms with Crippen molar-refractivity contribution in [2.24, 2.45) is 5.10 Å². The lowest BCUT2D eigenvalue weighted by molar-refractivity contribution is -0.384. The van der Waals surface area contributed by atoms with E-state index in [1.54, 1.807) is 19.1 Å². The molecule has 1 saturated heterocycles. The van der Waals surface area contributed by atoms with Crippen LogP contribution < -0.4 is 5.43 Å². The van der Waals surface area contributed by atoms with Gasteiger partial charge < -0.3 is 0 Å². The van der Waals surface area contributed by atoms with Gasteiger partial charge in [-0.1, -0.05) is 41.9 Å². The summed E-state index contributed by atoms with van der Waals surface area (Å²) in [6.07, 6.45) is 0. The van der Waals surface area contributed by atoms with Crippen LogP contribution in [-0.2, 0) is 11.3 Å². The van der Waals surface area contributed by atoms with Crippen molar-refractivity contribution in [2.75, 3.05) is 32.7 Å². The molecular formula is C21H24ClN5O3. The van der Waals surface area contributed by atoms with Crippen LogP contribution in [0.25, 0.3) is 0 Å². The number of rotatable bonds is 7. The minimum Gasteiger partial charge on any atom is -0.296 e. The predicted octanol–water partition coefficient (Wildman–Crippen LogP) is 2.91. The summed E-state index contributed by atoms with van der Waals surface area (Å²) in [5.41, 5.74) is 4.74. The van der Waals surface area contributed by atoms with Gasteiger partial charge in [0.25, 0.3) is 11.6 Å². The second-order valence-corrected chi connectivity index (χ2v) is 7.59. The lowest BCUT2D eigenvalue weighted by atomic mass is 10.1. The van der Waals surface area contributed by atoms with Crippen LogP contribution in [0.15, 0.2) is 53.6 Å². The second kappa shape index (κ2) is 10.3. The summed E-state index contributed by atoms with van der Waals surface area (Å²) < 4.78 is 0. The maximum atomic E-state index is 12.2. The molecule has 8 nitrogen and oxygen atoms in total. The van der Waals surface area contributed by atoms with Crippen LogP contribution in [0.5, 0.6) is 0 Å². The zero-order valence-corrected chi connectivity index (χ0v) is 17.5. The van der Waals surface area contributed by atoms with Crippen molar-refractivity contribution in [1.82, 2.24) is 15.2 Å². The highest BCUT2D eigenvalue weighted by molar-refractivity contribution is 6.31. The molecule has 30 heavy (non-hydrogen) atoms. The van der Waals surface area contributed by atoms with Gasteiger partial charge in [-0.2, -0.15) is 5.10 Å². The summed E-state index contributed by atoms with van der Waals surface area (Å²) in [6.45, 7) is 6.03. The zero-order chi connectivity index (χ0) is 21.5. The van der Waals surface area contributed by atoms with E-state index in [0.29, 0.717) is 11.3 Å². The first-order valence-corrected chi connectivity index (χ1v) is 10.1. The number of nitro benzene ring substituents is 1. The molecule has 9 heteroatoms. The molecule has 158 valence electrons. The lowest BCUT2D eigenvalue weighted by Gasteiger charge is -2.34. The third-order valence-electron chi connectivity index (χ3n) is 5.01. The standard InChI is InChI=1S/C21H24ClN5O3/c1-16(17-6-4-7-19(13-17)27(29)30)23-24-21(28)15-26-11-9-25(10-12-26)14-18-5-2-3-8-20(18)22/h2-8,13H,9-12,14-15H2,1H3,(H,24,28)/b23-16+. The van der Waals surface area contributed by atoms with Crippen LogP contribution in [0.3, 0.4) is 0 Å². The number of amides is 1. The van der Waals surface area contributed by atoms with Crippen molar-refractivity contribution in [3.05, 3.63) is 74.8 Å². The summed E-state index contributed by atoms with van der Waals surface area (Å²) in [7, 11) is 0. The first-order valence-electron chi connectivity index (χ1n) is 9.68. The van der Waals surface area contributed by atoms with E-state index < -0.39 is 4.92 Å². The third kappa shape index (κ3) is 6.09. The first-order chi connectivity index (χ1) is 14.4. The number of non-ortho nitro benzene ring substituents is 1. The summed E-state index contributed by atoms with van der Waals surface area (Å²) in [5.74, 6) is -0.209. The minimum atomic E-state index is -0.458. The number of nitrogens with one attached hydrogen (secondary N) is 1. The zero-order valence-electron chi connectivity index (χ0n) is 16.8. The number of hydrogen-bond donors (Lipinski definition) is 1. The molecule has 0 aromatic heterocycles. The van der Waals surface area contributed by atoms with Gasteiger partial charge in [0.05, 0.1) is 17.2 Å². The SMILES string of the molecule is C/C(=N\NC(=O)CN1CCN(Cc2ccccc2Cl)CC1)c1cccc([N+](=O)[O-])c1. The third-order valence-corrected chi connectivity index (χ3v) is 5.38. The lowest BCUT2D eigenvalue weighted by Crippen LogP contribution is -2.48. The van der Waals surface area contributed by atoms with Crippen molar-refractivity contribution in [3.63, 3.8) is 0 Å². The molecule has 0 atom stereocenters. The Labute approximate surface area is 180 Å². The molecule has 0 aliphatic carbocycles. The quantitative estimate of drug-likeness (QED) is 0.415. The van der Waals surface area contributed by atoms with Crippen LogP contribution in [0.1, 0.15) is 18.1 Å². The molecule has 2 aromatic carbocycles. The molecule has 1 N–H and O–H groups in total. The van der Waals surface area contributed by atoms with Gasteiger partial charge in [-0.15, -0.1) is 0 Å². The second-order valence-electron chi connectivity index (χ2n) is 7.18. The van der Waals surface area contributed by atoms with Gasteiger partial charge in [-0.3, -0.25) is 24.7 Å². The van der Waals surface area contributed by atoms with E-state index in [4.69, 9.17) is 11.6 Å². The Morgan fingerprint density at radius 2 is 1.83 bits per heavy atom. The highest BCUT2D eigenvalue weighted by Gasteiger charge is 2.19. The number of carbonyl (C=O) groups is 1. The number of nitrogens with zero attached hydrogens (tertiary/aromatic N) is 4. The number of hydrazone groups is 1. The van der Waals surface area contributed by atoms with Crippen LogP contribution in [0.4, 0.5) is 5.69 Å². The number of piperazine rings is 1. The molecule has 3 rings (SSSR count). The van der Waals surface area contributed by atoms with E-state index in [1.165, 1.54) is 12.1 Å². The van der Waals surface area contributed by atoms with Crippen LogP contribution in [-0.4, -0.2) is 59.1 Å². The Morgan fingerprint density at radius 1 is 1.13 bits per heavy atom. The molecule has 1 amide bonds. The van der Waals surface area contributed by atoms with Crippen molar-refractivity contribution in [1.29, 1.82) is 0 Å². The molecule has 1 aliphatic heterocycles. The molecule has 1 fully saturated rings. The van der Waals surface area contributed by atoms with Gasteiger partial charge in [-0.05, 0) is 18.6 Å². The minimum absolute atomic E-state index is 0.0111. The van der Waals surface area contributed by atoms with Crippen molar-refractivity contribution >= 4 is 28.9 Å². The van der Waals surface area contributed by atoms with Gasteiger partial charge in [0.2, 0.25) is 0 Å². The normalized spacial score (nSPS) is 15.7. The van der Waals surface area contributed by atoms with Crippen LogP contribution in [0, 0.1) is 10.1 Å². The highest BCUT2D eigenvalue weighted by Crippen LogP contribution is 2.18. The van der Waals surface area contributed by atoms with E-state index in [0.717, 1.165) is 43.3 Å². The number of halogens is 1. The van der Waals surface area contributed by atoms with E-state index >= 15 is 0 Å². The Bertz CT molecular complexity index is 942. The van der Waals surface area contributed by atoms with Crippen LogP contribution in [0.2, 0.25) is 5.02 Å². The molecule has 0 radical (unpaired) electrons. The molecule has 0 bridgehead atoms. The molecular weight excluding hydrogens is 406 g/mol. The predicted molar refractivity (Wildman–Crippen MR) is 117 cm³/mol. The molecule has 0 unspecified atom stereocenters. The molecule has 1 aliphatic rings. The fourth-order valence-corrected chi connectivity index (χ4v) is 3.46. The monoisotopic (exact) mass is 429 g/mol. The summed E-state index contributed by atoms with van der Waals surface area (Å²) in [6, 6.07) is 14.0. The molecule has 2 aromatic rings. The van der Waals surface area contributed by atoms with E-state index in [1.807, 2.05) is 24.3 Å². The van der Waals surface area contributed by atoms with Gasteiger partial charge in [-0.25, -0.2) is 5.43 Å². The topological polar surface area (TPSA) is 91.1 Å². The van der Waals surface area contributed by atoms with Crippen molar-refractivity contribution in [3.8, 4) is 0 Å². The number of nitro groups is 1. The van der Waals surface area contributed by atoms with Gasteiger partial charge in [0.1, 0.15) is 0 Å². The van der Waals surface area contributed by atoms with Gasteiger partial charge in [0, 0.05) is 55.4 Å². The highest BCUT2D eigenvalue weighted by atomic mass is 35.5. The number of benzene rings is 2. The summed E-state index contributed by atoms with van der Waals surface area (Å²) in [4.78, 5) is 27.1. The number of carbonyl (C=O) groups excluding carboxylic acids is 1. The average Bonchev–Trinajstić information content (AvgIpc) is 2.75. The fourth-order valence-electron chi connectivity index (χ4n) is 3.27. The summed E-state index contributed by atoms with van der Waals surface area (Å²) in [5, 5.41) is 15.7. The Balaban J connectivity index is 1.45. The number of hydrogen-bond acceptors (Lipinski definition) is 6. The van der Waals surface area contributed by atoms with Crippen LogP contribution >= 0.6 is 11.6 Å². The molecule has 1 heterocycles. The maximum Gasteiger partial charge on any atom is 0.270 e. The Hall–Kier alpha value is -2.81. The molecule has 0 saturated carbocycles. The first kappa shape index (κ1) is 21.9. The summed E-state index contributed by atoms with van der Waals surface area (Å²) >= 11 is 6.23. The van der Waals surface area contributed by atoms with Crippen molar-refractivity contribution in [2.45, 2.75) is 13.5 Å². The maximum absolute atomic E-state index is 12.2. The van der Waals surface area contributed by atoms with Crippen molar-refractivity contribution < 1.29 is 9.72 Å².